The lowest BCUT2D eigenvalue weighted by atomic mass is 10.1. The minimum atomic E-state index is -3.86. The summed E-state index contributed by atoms with van der Waals surface area (Å²) in [6, 6.07) is 20.6. The summed E-state index contributed by atoms with van der Waals surface area (Å²) >= 11 is 6.29. The van der Waals surface area contributed by atoms with Crippen molar-refractivity contribution in [3.8, 4) is 0 Å². The summed E-state index contributed by atoms with van der Waals surface area (Å²) in [7, 11) is -3.86. The van der Waals surface area contributed by atoms with Crippen molar-refractivity contribution in [1.82, 2.24) is 5.32 Å². The molecule has 2 amide bonds. The van der Waals surface area contributed by atoms with Gasteiger partial charge in [0.2, 0.25) is 0 Å². The van der Waals surface area contributed by atoms with E-state index in [0.717, 1.165) is 5.56 Å². The average molecular weight is 524 g/mol. The molecule has 0 aliphatic rings. The minimum absolute atomic E-state index is 0.0443. The Hall–Kier alpha value is -4.08. The van der Waals surface area contributed by atoms with E-state index in [1.807, 2.05) is 6.92 Å². The van der Waals surface area contributed by atoms with E-state index >= 15 is 0 Å². The van der Waals surface area contributed by atoms with Gasteiger partial charge in [-0.1, -0.05) is 41.4 Å². The van der Waals surface area contributed by atoms with Gasteiger partial charge in [-0.05, 0) is 61.5 Å². The number of para-hydroxylation sites is 1. The normalized spacial score (nSPS) is 11.1. The Morgan fingerprint density at radius 3 is 2.33 bits per heavy atom. The van der Waals surface area contributed by atoms with Crippen LogP contribution in [0.25, 0.3) is 0 Å². The molecule has 0 saturated carbocycles. The summed E-state index contributed by atoms with van der Waals surface area (Å²) in [5, 5.41) is 5.49. The molecule has 0 spiro atoms. The fourth-order valence-corrected chi connectivity index (χ4v) is 4.68. The SMILES string of the molecule is Cc1ccc(S(=O)(=O)Nc2ccc(C(=O)Nc3ccccc3C(=O)NCc3ccco3)cc2Cl)cc1. The molecule has 1 heterocycles. The first-order valence-electron chi connectivity index (χ1n) is 10.8. The highest BCUT2D eigenvalue weighted by Gasteiger charge is 2.18. The minimum Gasteiger partial charge on any atom is -0.467 e. The fourth-order valence-electron chi connectivity index (χ4n) is 3.32. The second kappa shape index (κ2) is 10.7. The van der Waals surface area contributed by atoms with Gasteiger partial charge in [0, 0.05) is 5.56 Å². The number of carbonyl (C=O) groups excluding carboxylic acids is 2. The molecule has 0 aliphatic carbocycles. The van der Waals surface area contributed by atoms with E-state index in [-0.39, 0.29) is 39.2 Å². The number of hydrogen-bond acceptors (Lipinski definition) is 5. The van der Waals surface area contributed by atoms with Gasteiger partial charge < -0.3 is 15.1 Å². The molecule has 0 radical (unpaired) electrons. The van der Waals surface area contributed by atoms with Gasteiger partial charge in [0.1, 0.15) is 5.76 Å². The summed E-state index contributed by atoms with van der Waals surface area (Å²) in [5.74, 6) is -0.310. The van der Waals surface area contributed by atoms with Crippen molar-refractivity contribution in [3.05, 3.63) is 113 Å². The molecule has 0 unspecified atom stereocenters. The van der Waals surface area contributed by atoms with Gasteiger partial charge in [0.25, 0.3) is 21.8 Å². The third-order valence-corrected chi connectivity index (χ3v) is 6.92. The van der Waals surface area contributed by atoms with Crippen molar-refractivity contribution < 1.29 is 22.4 Å². The molecular weight excluding hydrogens is 502 g/mol. The molecular formula is C26H22ClN3O5S. The maximum absolute atomic E-state index is 12.9. The number of hydrogen-bond donors (Lipinski definition) is 3. The van der Waals surface area contributed by atoms with E-state index in [2.05, 4.69) is 15.4 Å². The summed E-state index contributed by atoms with van der Waals surface area (Å²) in [4.78, 5) is 25.6. The highest BCUT2D eigenvalue weighted by Crippen LogP contribution is 2.27. The molecule has 0 aliphatic heterocycles. The average Bonchev–Trinajstić information content (AvgIpc) is 3.38. The van der Waals surface area contributed by atoms with E-state index in [9.17, 15) is 18.0 Å². The summed E-state index contributed by atoms with van der Waals surface area (Å²) in [5.41, 5.74) is 1.82. The van der Waals surface area contributed by atoms with Gasteiger partial charge in [0.05, 0.1) is 39.7 Å². The quantitative estimate of drug-likeness (QED) is 0.292. The molecule has 3 aromatic carbocycles. The molecule has 3 N–H and O–H groups in total. The van der Waals surface area contributed by atoms with Crippen LogP contribution in [0.4, 0.5) is 11.4 Å². The number of furan rings is 1. The number of rotatable bonds is 8. The van der Waals surface area contributed by atoms with Crippen LogP contribution in [-0.2, 0) is 16.6 Å². The van der Waals surface area contributed by atoms with E-state index in [1.54, 1.807) is 48.5 Å². The van der Waals surface area contributed by atoms with Gasteiger partial charge >= 0.3 is 0 Å². The molecule has 1 aromatic heterocycles. The van der Waals surface area contributed by atoms with Crippen molar-refractivity contribution >= 4 is 44.8 Å². The van der Waals surface area contributed by atoms with Crippen molar-refractivity contribution in [2.75, 3.05) is 10.0 Å². The first-order valence-corrected chi connectivity index (χ1v) is 12.7. The van der Waals surface area contributed by atoms with Gasteiger partial charge in [-0.15, -0.1) is 0 Å². The number of benzene rings is 3. The number of amides is 2. The second-order valence-electron chi connectivity index (χ2n) is 7.87. The zero-order valence-electron chi connectivity index (χ0n) is 19.1. The van der Waals surface area contributed by atoms with E-state index < -0.39 is 15.9 Å². The van der Waals surface area contributed by atoms with E-state index in [0.29, 0.717) is 11.4 Å². The fraction of sp³-hybridized carbons (Fsp3) is 0.0769. The molecule has 8 nitrogen and oxygen atoms in total. The lowest BCUT2D eigenvalue weighted by Gasteiger charge is -2.13. The standard InChI is InChI=1S/C26H22ClN3O5S/c1-17-8-11-20(12-9-17)36(33,34)30-24-13-10-18(15-22(24)27)25(31)29-23-7-3-2-6-21(23)26(32)28-16-19-5-4-14-35-19/h2-15,30H,16H2,1H3,(H,28,32)(H,29,31). The Morgan fingerprint density at radius 1 is 0.889 bits per heavy atom. The van der Waals surface area contributed by atoms with Crippen LogP contribution in [0.3, 0.4) is 0 Å². The van der Waals surface area contributed by atoms with Crippen LogP contribution >= 0.6 is 11.6 Å². The van der Waals surface area contributed by atoms with Crippen molar-refractivity contribution in [2.45, 2.75) is 18.4 Å². The van der Waals surface area contributed by atoms with Gasteiger partial charge in [-0.3, -0.25) is 14.3 Å². The van der Waals surface area contributed by atoms with Crippen LogP contribution in [0, 0.1) is 6.92 Å². The maximum Gasteiger partial charge on any atom is 0.261 e. The van der Waals surface area contributed by atoms with E-state index in [4.69, 9.17) is 16.0 Å². The third kappa shape index (κ3) is 5.94. The molecule has 10 heteroatoms. The van der Waals surface area contributed by atoms with Gasteiger partial charge in [-0.25, -0.2) is 8.42 Å². The zero-order valence-corrected chi connectivity index (χ0v) is 20.7. The van der Waals surface area contributed by atoms with Crippen molar-refractivity contribution in [3.63, 3.8) is 0 Å². The Balaban J connectivity index is 1.47. The first kappa shape index (κ1) is 25.0. The highest BCUT2D eigenvalue weighted by atomic mass is 35.5. The predicted molar refractivity (Wildman–Crippen MR) is 138 cm³/mol. The predicted octanol–water partition coefficient (Wildman–Crippen LogP) is 5.22. The topological polar surface area (TPSA) is 118 Å². The van der Waals surface area contributed by atoms with Crippen LogP contribution in [0.2, 0.25) is 5.02 Å². The molecule has 184 valence electrons. The van der Waals surface area contributed by atoms with Gasteiger partial charge in [0.15, 0.2) is 0 Å². The molecule has 36 heavy (non-hydrogen) atoms. The molecule has 0 atom stereocenters. The lowest BCUT2D eigenvalue weighted by Crippen LogP contribution is -2.24. The van der Waals surface area contributed by atoms with Crippen molar-refractivity contribution in [1.29, 1.82) is 0 Å². The second-order valence-corrected chi connectivity index (χ2v) is 9.96. The van der Waals surface area contributed by atoms with E-state index in [1.165, 1.54) is 36.6 Å². The molecule has 0 bridgehead atoms. The Morgan fingerprint density at radius 2 is 1.64 bits per heavy atom. The van der Waals surface area contributed by atoms with Crippen LogP contribution < -0.4 is 15.4 Å². The van der Waals surface area contributed by atoms with Gasteiger partial charge in [-0.2, -0.15) is 0 Å². The number of carbonyl (C=O) groups is 2. The molecule has 0 fully saturated rings. The Kier molecular flexibility index (Phi) is 7.42. The summed E-state index contributed by atoms with van der Waals surface area (Å²) in [6.07, 6.45) is 1.51. The Bertz CT molecular complexity index is 1500. The van der Waals surface area contributed by atoms with Crippen molar-refractivity contribution in [2.24, 2.45) is 0 Å². The zero-order chi connectivity index (χ0) is 25.7. The van der Waals surface area contributed by atoms with Crippen LogP contribution in [0.15, 0.2) is 94.4 Å². The highest BCUT2D eigenvalue weighted by molar-refractivity contribution is 7.92. The smallest absolute Gasteiger partial charge is 0.261 e. The molecule has 4 aromatic rings. The lowest BCUT2D eigenvalue weighted by molar-refractivity contribution is 0.0949. The maximum atomic E-state index is 12.9. The van der Waals surface area contributed by atoms with Crippen LogP contribution in [0.5, 0.6) is 0 Å². The third-order valence-electron chi connectivity index (χ3n) is 5.23. The molecule has 0 saturated heterocycles. The summed E-state index contributed by atoms with van der Waals surface area (Å²) in [6.45, 7) is 2.06. The number of halogens is 1. The van der Waals surface area contributed by atoms with Crippen LogP contribution in [-0.4, -0.2) is 20.2 Å². The number of nitrogens with one attached hydrogen (secondary N) is 3. The number of sulfonamides is 1. The first-order chi connectivity index (χ1) is 17.2. The number of aryl methyl sites for hydroxylation is 1. The Labute approximate surface area is 213 Å². The summed E-state index contributed by atoms with van der Waals surface area (Å²) < 4.78 is 33.0. The number of anilines is 2. The molecule has 4 rings (SSSR count). The van der Waals surface area contributed by atoms with Crippen LogP contribution in [0.1, 0.15) is 32.0 Å². The monoisotopic (exact) mass is 523 g/mol. The largest absolute Gasteiger partial charge is 0.467 e.